The summed E-state index contributed by atoms with van der Waals surface area (Å²) in [6.45, 7) is 1.37. The number of Topliss-reactive ketones (excluding diaryl/α,β-unsaturated/α-hetero) is 2. The number of hydrogen-bond acceptors (Lipinski definition) is 23. The van der Waals surface area contributed by atoms with Gasteiger partial charge in [0.25, 0.3) is 40.5 Å². The number of anilines is 7. The van der Waals surface area contributed by atoms with Gasteiger partial charge in [-0.05, 0) is 83.9 Å². The van der Waals surface area contributed by atoms with Crippen molar-refractivity contribution in [1.82, 2.24) is 15.0 Å². The number of allylic oxidation sites excluding steroid dienone is 2. The van der Waals surface area contributed by atoms with Gasteiger partial charge in [-0.25, -0.2) is 0 Å². The normalized spacial score (nSPS) is 16.3. The highest BCUT2D eigenvalue weighted by Crippen LogP contribution is 2.34. The third-order valence-corrected chi connectivity index (χ3v) is 14.1. The molecule has 8 rings (SSSR count). The number of methoxy groups -OCH3 is 2. The Hall–Kier alpha value is -7.75. The van der Waals surface area contributed by atoms with Crippen LogP contribution in [0.5, 0.6) is 11.5 Å². The highest BCUT2D eigenvalue weighted by Gasteiger charge is 2.35. The number of nitrogens with one attached hydrogen (secondary N) is 4. The van der Waals surface area contributed by atoms with E-state index in [2.05, 4.69) is 46.6 Å². The van der Waals surface area contributed by atoms with Crippen molar-refractivity contribution in [3.63, 3.8) is 0 Å². The number of hydrogen-bond donors (Lipinski definition) is 8. The molecule has 27 nitrogen and oxygen atoms in total. The van der Waals surface area contributed by atoms with E-state index in [1.807, 2.05) is 0 Å². The minimum absolute atomic E-state index is 0.0195. The molecule has 2 aliphatic carbocycles. The molecule has 376 valence electrons. The van der Waals surface area contributed by atoms with Gasteiger partial charge >= 0.3 is 0 Å². The fraction of sp³-hybridized carbons (Fsp3) is 0.146. The van der Waals surface area contributed by atoms with Gasteiger partial charge in [0.05, 0.1) is 38.8 Å². The van der Waals surface area contributed by atoms with Crippen molar-refractivity contribution < 1.29 is 75.7 Å². The highest BCUT2D eigenvalue weighted by atomic mass is 32.2. The number of carbonyl (C=O) groups is 2. The summed E-state index contributed by atoms with van der Waals surface area (Å²) in [5.41, 5.74) is 2.30. The van der Waals surface area contributed by atoms with E-state index in [1.165, 1.54) is 62.8 Å². The first-order chi connectivity index (χ1) is 33.9. The first kappa shape index (κ1) is 50.6. The van der Waals surface area contributed by atoms with Crippen LogP contribution in [0.15, 0.2) is 103 Å². The van der Waals surface area contributed by atoms with E-state index in [0.29, 0.717) is 26.3 Å². The largest absolute Gasteiger partial charge is 0.497 e. The Labute approximate surface area is 408 Å². The van der Waals surface area contributed by atoms with Crippen molar-refractivity contribution in [2.45, 2.75) is 9.79 Å². The standard InChI is InChI=1S/C41H36N10O17S4/c1-66-25-5-9-29(31(19-25)69(54,55)56)47-49-35-33(71(60,61)62)17-21-15-23(3-7-27(21)37(35)52)42-39-44-40(46-41(45-39)51-11-13-68-14-12-51)43-24-4-8-28-22(16-24)18-34(72(63,64)65)36(38(28)53)50-48-30-10-6-26(67-2)20-32(30)70(57,58)59/h3-10,15-20,47-48H,11-14H2,1-2H3,(H,54,55,56)(H,57,58,59)(H,60,61,62)(H,63,64,65)(H2,42,43,44,45,46)/b49-35+,50-36+. The minimum Gasteiger partial charge on any atom is -0.497 e. The fourth-order valence-corrected chi connectivity index (χ4v) is 9.81. The highest BCUT2D eigenvalue weighted by molar-refractivity contribution is 7.91. The van der Waals surface area contributed by atoms with Crippen LogP contribution in [0, 0.1) is 0 Å². The molecule has 72 heavy (non-hydrogen) atoms. The van der Waals surface area contributed by atoms with Crippen LogP contribution in [0.1, 0.15) is 31.8 Å². The maximum atomic E-state index is 13.8. The molecule has 5 aromatic rings. The Kier molecular flexibility index (Phi) is 13.7. The number of carbonyl (C=O) groups excluding carboxylic acids is 2. The van der Waals surface area contributed by atoms with E-state index >= 15 is 0 Å². The van der Waals surface area contributed by atoms with Gasteiger partial charge in [-0.1, -0.05) is 0 Å². The number of rotatable bonds is 15. The molecule has 0 amide bonds. The van der Waals surface area contributed by atoms with E-state index in [4.69, 9.17) is 14.2 Å². The number of fused-ring (bicyclic) bond motifs is 2. The van der Waals surface area contributed by atoms with Crippen LogP contribution in [-0.4, -0.2) is 130 Å². The molecule has 1 aromatic heterocycles. The van der Waals surface area contributed by atoms with Crippen molar-refractivity contribution >= 4 is 116 Å². The molecule has 0 radical (unpaired) electrons. The van der Waals surface area contributed by atoms with Crippen LogP contribution < -0.4 is 35.9 Å². The monoisotopic (exact) mass is 1070 g/mol. The first-order valence-electron chi connectivity index (χ1n) is 20.3. The Balaban J connectivity index is 1.10. The third kappa shape index (κ3) is 10.9. The lowest BCUT2D eigenvalue weighted by molar-refractivity contribution is 0.105. The summed E-state index contributed by atoms with van der Waals surface area (Å²) in [4.78, 5) is 39.5. The van der Waals surface area contributed by atoms with Crippen LogP contribution in [0.2, 0.25) is 0 Å². The number of nitrogens with zero attached hydrogens (tertiary/aromatic N) is 6. The lowest BCUT2D eigenvalue weighted by atomic mass is 9.94. The number of ketones is 2. The van der Waals surface area contributed by atoms with Gasteiger partial charge in [-0.3, -0.25) is 38.7 Å². The van der Waals surface area contributed by atoms with Gasteiger partial charge < -0.3 is 29.7 Å². The molecule has 0 saturated carbocycles. The molecule has 3 aliphatic rings. The van der Waals surface area contributed by atoms with E-state index in [-0.39, 0.29) is 74.3 Å². The topological polar surface area (TPSA) is 394 Å². The Bertz CT molecular complexity index is 3480. The number of benzene rings is 4. The van der Waals surface area contributed by atoms with E-state index in [0.717, 1.165) is 36.4 Å². The van der Waals surface area contributed by atoms with Gasteiger partial charge in [0.15, 0.2) is 11.4 Å². The summed E-state index contributed by atoms with van der Waals surface area (Å²) < 4.78 is 154. The number of morpholine rings is 1. The molecule has 0 spiro atoms. The molecule has 0 bridgehead atoms. The summed E-state index contributed by atoms with van der Waals surface area (Å²) >= 11 is 0. The smallest absolute Gasteiger partial charge is 0.296 e. The van der Waals surface area contributed by atoms with Crippen LogP contribution >= 0.6 is 0 Å². The molecule has 0 atom stereocenters. The molecule has 8 N–H and O–H groups in total. The number of hydrazone groups is 2. The van der Waals surface area contributed by atoms with Crippen LogP contribution in [-0.2, 0) is 45.2 Å². The van der Waals surface area contributed by atoms with Crippen LogP contribution in [0.25, 0.3) is 12.2 Å². The molecule has 0 unspecified atom stereocenters. The van der Waals surface area contributed by atoms with Crippen molar-refractivity contribution in [2.75, 3.05) is 66.9 Å². The van der Waals surface area contributed by atoms with Gasteiger partial charge in [0.2, 0.25) is 29.4 Å². The average Bonchev–Trinajstić information content (AvgIpc) is 3.32. The van der Waals surface area contributed by atoms with E-state index in [9.17, 15) is 61.5 Å². The van der Waals surface area contributed by atoms with Crippen molar-refractivity contribution in [3.05, 3.63) is 105 Å². The quantitative estimate of drug-likeness (QED) is 0.0549. The molecule has 31 heteroatoms. The maximum Gasteiger partial charge on any atom is 0.296 e. The zero-order valence-corrected chi connectivity index (χ0v) is 40.1. The van der Waals surface area contributed by atoms with Crippen molar-refractivity contribution in [3.8, 4) is 11.5 Å². The second kappa shape index (κ2) is 19.5. The second-order valence-corrected chi connectivity index (χ2v) is 20.7. The summed E-state index contributed by atoms with van der Waals surface area (Å²) in [5, 5.41) is 13.6. The van der Waals surface area contributed by atoms with Gasteiger partial charge in [-0.15, -0.1) is 0 Å². The SMILES string of the molecule is COc1ccc(N/N=C2/C(=O)c3ccc(Nc4nc(Nc5ccc6c(c5)C=C(S(=O)(=O)O)/C(=N\Nc5ccc(OC)cc5S(=O)(=O)O)C6=O)nc(N5CCOCC5)n4)cc3C=C2S(=O)(=O)O)c(S(=O)(=O)O)c1. The first-order valence-corrected chi connectivity index (χ1v) is 26.0. The van der Waals surface area contributed by atoms with Crippen molar-refractivity contribution in [2.24, 2.45) is 10.2 Å². The van der Waals surface area contributed by atoms with Gasteiger partial charge in [0, 0.05) is 47.7 Å². The summed E-state index contributed by atoms with van der Waals surface area (Å²) in [7, 11) is -17.6. The van der Waals surface area contributed by atoms with Gasteiger partial charge in [0.1, 0.15) is 31.1 Å². The summed E-state index contributed by atoms with van der Waals surface area (Å²) in [5.74, 6) is -1.99. The molecular formula is C41H36N10O17S4. The molecular weight excluding hydrogens is 1030 g/mol. The predicted octanol–water partition coefficient (Wildman–Crippen LogP) is 3.49. The third-order valence-electron chi connectivity index (χ3n) is 10.6. The van der Waals surface area contributed by atoms with Crippen LogP contribution in [0.3, 0.4) is 0 Å². The summed E-state index contributed by atoms with van der Waals surface area (Å²) in [6.07, 6.45) is 1.90. The van der Waals surface area contributed by atoms with Crippen LogP contribution in [0.4, 0.5) is 40.6 Å². The average molecular weight is 1070 g/mol. The van der Waals surface area contributed by atoms with Gasteiger partial charge in [-0.2, -0.15) is 58.8 Å². The number of aromatic nitrogens is 3. The fourth-order valence-electron chi connectivity index (χ4n) is 7.18. The zero-order valence-electron chi connectivity index (χ0n) is 36.8. The summed E-state index contributed by atoms with van der Waals surface area (Å²) in [6, 6.07) is 14.9. The Morgan fingerprint density at radius 3 is 1.36 bits per heavy atom. The minimum atomic E-state index is -5.17. The molecule has 2 heterocycles. The van der Waals surface area contributed by atoms with E-state index < -0.39 is 83.1 Å². The molecule has 1 fully saturated rings. The molecule has 1 aliphatic heterocycles. The van der Waals surface area contributed by atoms with Crippen molar-refractivity contribution in [1.29, 1.82) is 0 Å². The molecule has 1 saturated heterocycles. The lowest BCUT2D eigenvalue weighted by Crippen LogP contribution is -2.37. The Morgan fingerprint density at radius 2 is 0.986 bits per heavy atom. The van der Waals surface area contributed by atoms with E-state index in [1.54, 1.807) is 4.90 Å². The zero-order chi connectivity index (χ0) is 51.9. The molecule has 4 aromatic carbocycles. The lowest BCUT2D eigenvalue weighted by Gasteiger charge is -2.27. The number of ether oxygens (including phenoxy) is 3. The Morgan fingerprint density at radius 1 is 0.569 bits per heavy atom. The maximum absolute atomic E-state index is 13.8. The predicted molar refractivity (Wildman–Crippen MR) is 258 cm³/mol. The second-order valence-electron chi connectivity index (χ2n) is 15.2.